The quantitative estimate of drug-likeness (QED) is 0.884. The average Bonchev–Trinajstić information content (AvgIpc) is 2.68. The number of rotatable bonds is 2. The standard InChI is InChI=1S/C10H6BrClN2O2S/c11-8-4-13-10(17-8)14-9(16)5-1-2-7(15)6(12)3-5/h1-4,15H,(H,13,14,16). The van der Waals surface area contributed by atoms with Crippen molar-refractivity contribution >= 4 is 49.9 Å². The molecule has 0 atom stereocenters. The molecule has 4 nitrogen and oxygen atoms in total. The molecule has 0 aliphatic rings. The summed E-state index contributed by atoms with van der Waals surface area (Å²) in [4.78, 5) is 15.8. The van der Waals surface area contributed by atoms with E-state index in [4.69, 9.17) is 11.6 Å². The maximum atomic E-state index is 11.8. The van der Waals surface area contributed by atoms with Gasteiger partial charge in [-0.05, 0) is 34.1 Å². The molecule has 0 fully saturated rings. The van der Waals surface area contributed by atoms with Gasteiger partial charge in [-0.1, -0.05) is 22.9 Å². The van der Waals surface area contributed by atoms with Crippen LogP contribution < -0.4 is 5.32 Å². The van der Waals surface area contributed by atoms with Gasteiger partial charge >= 0.3 is 0 Å². The van der Waals surface area contributed by atoms with Crippen LogP contribution in [-0.2, 0) is 0 Å². The number of aromatic hydroxyl groups is 1. The largest absolute Gasteiger partial charge is 0.506 e. The Morgan fingerprint density at radius 3 is 2.88 bits per heavy atom. The molecule has 1 aromatic carbocycles. The van der Waals surface area contributed by atoms with Gasteiger partial charge in [0, 0.05) is 5.56 Å². The Morgan fingerprint density at radius 1 is 1.53 bits per heavy atom. The minimum Gasteiger partial charge on any atom is -0.506 e. The number of benzene rings is 1. The fourth-order valence-electron chi connectivity index (χ4n) is 1.13. The normalized spacial score (nSPS) is 10.2. The minimum absolute atomic E-state index is 0.0554. The Kier molecular flexibility index (Phi) is 3.66. The summed E-state index contributed by atoms with van der Waals surface area (Å²) in [6, 6.07) is 4.25. The second-order valence-electron chi connectivity index (χ2n) is 3.09. The van der Waals surface area contributed by atoms with E-state index < -0.39 is 0 Å². The van der Waals surface area contributed by atoms with E-state index in [2.05, 4.69) is 26.2 Å². The Labute approximate surface area is 114 Å². The first-order chi connectivity index (χ1) is 8.06. The Morgan fingerprint density at radius 2 is 2.29 bits per heavy atom. The number of thiazole rings is 1. The molecule has 1 heterocycles. The molecule has 0 saturated heterocycles. The number of anilines is 1. The molecule has 2 N–H and O–H groups in total. The number of amides is 1. The van der Waals surface area contributed by atoms with Crippen LogP contribution in [0.4, 0.5) is 5.13 Å². The van der Waals surface area contributed by atoms with Crippen LogP contribution in [0.5, 0.6) is 5.75 Å². The lowest BCUT2D eigenvalue weighted by atomic mass is 10.2. The molecule has 1 amide bonds. The first-order valence-electron chi connectivity index (χ1n) is 4.47. The van der Waals surface area contributed by atoms with Crippen molar-refractivity contribution in [1.82, 2.24) is 4.98 Å². The van der Waals surface area contributed by atoms with Crippen LogP contribution >= 0.6 is 38.9 Å². The van der Waals surface area contributed by atoms with E-state index in [0.717, 1.165) is 3.79 Å². The highest BCUT2D eigenvalue weighted by atomic mass is 79.9. The Hall–Kier alpha value is -1.11. The van der Waals surface area contributed by atoms with E-state index in [9.17, 15) is 9.90 Å². The SMILES string of the molecule is O=C(Nc1ncc(Br)s1)c1ccc(O)c(Cl)c1. The van der Waals surface area contributed by atoms with Gasteiger partial charge in [-0.15, -0.1) is 0 Å². The fourth-order valence-corrected chi connectivity index (χ4v) is 2.41. The van der Waals surface area contributed by atoms with Crippen LogP contribution in [-0.4, -0.2) is 16.0 Å². The number of phenols is 1. The molecule has 17 heavy (non-hydrogen) atoms. The van der Waals surface area contributed by atoms with Gasteiger partial charge < -0.3 is 5.11 Å². The van der Waals surface area contributed by atoms with Gasteiger partial charge in [-0.2, -0.15) is 0 Å². The zero-order chi connectivity index (χ0) is 12.4. The number of hydrogen-bond donors (Lipinski definition) is 2. The van der Waals surface area contributed by atoms with Gasteiger partial charge in [-0.3, -0.25) is 10.1 Å². The highest BCUT2D eigenvalue weighted by Crippen LogP contribution is 2.26. The second-order valence-corrected chi connectivity index (χ2v) is 5.91. The molecular weight excluding hydrogens is 328 g/mol. The van der Waals surface area contributed by atoms with Crippen molar-refractivity contribution in [3.8, 4) is 5.75 Å². The molecule has 88 valence electrons. The van der Waals surface area contributed by atoms with Crippen molar-refractivity contribution in [2.45, 2.75) is 0 Å². The van der Waals surface area contributed by atoms with Gasteiger partial charge in [0.15, 0.2) is 5.13 Å². The molecule has 0 unspecified atom stereocenters. The van der Waals surface area contributed by atoms with Gasteiger partial charge in [-0.25, -0.2) is 4.98 Å². The second kappa shape index (κ2) is 5.03. The van der Waals surface area contributed by atoms with Crippen LogP contribution in [0.1, 0.15) is 10.4 Å². The molecule has 0 aliphatic heterocycles. The summed E-state index contributed by atoms with van der Waals surface area (Å²) in [6.45, 7) is 0. The molecule has 7 heteroatoms. The van der Waals surface area contributed by atoms with Crippen LogP contribution in [0.3, 0.4) is 0 Å². The van der Waals surface area contributed by atoms with Crippen molar-refractivity contribution in [2.24, 2.45) is 0 Å². The molecule has 0 saturated carbocycles. The molecule has 0 aliphatic carbocycles. The lowest BCUT2D eigenvalue weighted by Gasteiger charge is -2.03. The topological polar surface area (TPSA) is 62.2 Å². The summed E-state index contributed by atoms with van der Waals surface area (Å²) in [7, 11) is 0. The van der Waals surface area contributed by atoms with Crippen LogP contribution in [0, 0.1) is 0 Å². The number of aromatic nitrogens is 1. The van der Waals surface area contributed by atoms with E-state index >= 15 is 0 Å². The lowest BCUT2D eigenvalue weighted by molar-refractivity contribution is 0.102. The van der Waals surface area contributed by atoms with Crippen molar-refractivity contribution < 1.29 is 9.90 Å². The molecule has 2 aromatic rings. The van der Waals surface area contributed by atoms with Gasteiger partial charge in [0.2, 0.25) is 0 Å². The average molecular weight is 334 g/mol. The van der Waals surface area contributed by atoms with Crippen molar-refractivity contribution in [2.75, 3.05) is 5.32 Å². The molecule has 1 aromatic heterocycles. The third-order valence-electron chi connectivity index (χ3n) is 1.91. The molecule has 0 spiro atoms. The van der Waals surface area contributed by atoms with Gasteiger partial charge in [0.25, 0.3) is 5.91 Å². The van der Waals surface area contributed by atoms with Crippen molar-refractivity contribution in [3.63, 3.8) is 0 Å². The monoisotopic (exact) mass is 332 g/mol. The van der Waals surface area contributed by atoms with Crippen molar-refractivity contribution in [1.29, 1.82) is 0 Å². The number of phenolic OH excluding ortho intramolecular Hbond substituents is 1. The smallest absolute Gasteiger partial charge is 0.257 e. The number of nitrogens with zero attached hydrogens (tertiary/aromatic N) is 1. The van der Waals surface area contributed by atoms with E-state index in [1.165, 1.54) is 29.5 Å². The predicted molar refractivity (Wildman–Crippen MR) is 70.9 cm³/mol. The van der Waals surface area contributed by atoms with E-state index in [1.54, 1.807) is 6.20 Å². The maximum Gasteiger partial charge on any atom is 0.257 e. The highest BCUT2D eigenvalue weighted by molar-refractivity contribution is 9.11. The van der Waals surface area contributed by atoms with E-state index in [-0.39, 0.29) is 16.7 Å². The maximum absolute atomic E-state index is 11.8. The molecule has 0 radical (unpaired) electrons. The van der Waals surface area contributed by atoms with E-state index in [0.29, 0.717) is 10.7 Å². The molecule has 2 rings (SSSR count). The van der Waals surface area contributed by atoms with Crippen LogP contribution in [0.15, 0.2) is 28.2 Å². The number of hydrogen-bond acceptors (Lipinski definition) is 4. The third kappa shape index (κ3) is 2.96. The van der Waals surface area contributed by atoms with E-state index in [1.807, 2.05) is 0 Å². The number of carbonyl (C=O) groups excluding carboxylic acids is 1. The summed E-state index contributed by atoms with van der Waals surface area (Å²) >= 11 is 10.3. The summed E-state index contributed by atoms with van der Waals surface area (Å²) in [5.74, 6) is -0.381. The minimum atomic E-state index is -0.325. The zero-order valence-electron chi connectivity index (χ0n) is 8.28. The molecule has 0 bridgehead atoms. The number of halogens is 2. The van der Waals surface area contributed by atoms with Crippen LogP contribution in [0.2, 0.25) is 5.02 Å². The fraction of sp³-hybridized carbons (Fsp3) is 0. The first-order valence-corrected chi connectivity index (χ1v) is 6.46. The van der Waals surface area contributed by atoms with Gasteiger partial charge in [0.1, 0.15) is 5.75 Å². The Bertz CT molecular complexity index is 573. The summed E-state index contributed by atoms with van der Waals surface area (Å²) in [5.41, 5.74) is 0.360. The number of nitrogens with one attached hydrogen (secondary N) is 1. The van der Waals surface area contributed by atoms with Crippen molar-refractivity contribution in [3.05, 3.63) is 38.8 Å². The van der Waals surface area contributed by atoms with Crippen LogP contribution in [0.25, 0.3) is 0 Å². The summed E-state index contributed by atoms with van der Waals surface area (Å²) < 4.78 is 0.830. The number of carbonyl (C=O) groups is 1. The zero-order valence-corrected chi connectivity index (χ0v) is 11.4. The summed E-state index contributed by atoms with van der Waals surface area (Å²) in [5, 5.41) is 12.5. The predicted octanol–water partition coefficient (Wildman–Crippen LogP) is 3.52. The first kappa shape index (κ1) is 12.3. The highest BCUT2D eigenvalue weighted by Gasteiger charge is 2.10. The lowest BCUT2D eigenvalue weighted by Crippen LogP contribution is -2.11. The Balaban J connectivity index is 2.17. The third-order valence-corrected chi connectivity index (χ3v) is 3.60. The van der Waals surface area contributed by atoms with Gasteiger partial charge in [0.05, 0.1) is 15.0 Å². The summed E-state index contributed by atoms with van der Waals surface area (Å²) in [6.07, 6.45) is 1.60. The molecular formula is C10H6BrClN2O2S.